The lowest BCUT2D eigenvalue weighted by molar-refractivity contribution is 0.178. The molecule has 1 saturated carbocycles. The molecular formula is C15H23NO2. The van der Waals surface area contributed by atoms with Crippen LogP contribution in [0.1, 0.15) is 24.8 Å². The van der Waals surface area contributed by atoms with E-state index in [1.807, 2.05) is 6.07 Å². The van der Waals surface area contributed by atoms with E-state index in [9.17, 15) is 0 Å². The Hall–Kier alpha value is -1.06. The first kappa shape index (κ1) is 13.4. The van der Waals surface area contributed by atoms with Gasteiger partial charge in [0.1, 0.15) is 5.75 Å². The molecule has 0 heterocycles. The van der Waals surface area contributed by atoms with Crippen LogP contribution in [0.5, 0.6) is 5.75 Å². The molecular weight excluding hydrogens is 226 g/mol. The van der Waals surface area contributed by atoms with Gasteiger partial charge in [-0.15, -0.1) is 0 Å². The Balaban J connectivity index is 1.79. The van der Waals surface area contributed by atoms with E-state index in [0.29, 0.717) is 0 Å². The van der Waals surface area contributed by atoms with Gasteiger partial charge in [0.15, 0.2) is 0 Å². The molecule has 0 bridgehead atoms. The zero-order valence-electron chi connectivity index (χ0n) is 11.2. The second kappa shape index (κ2) is 7.39. The fraction of sp³-hybridized carbons (Fsp3) is 0.600. The van der Waals surface area contributed by atoms with Crippen molar-refractivity contribution in [2.45, 2.75) is 25.8 Å². The first-order valence-corrected chi connectivity index (χ1v) is 6.80. The molecule has 1 aliphatic rings. The van der Waals surface area contributed by atoms with E-state index in [1.54, 1.807) is 7.11 Å². The molecule has 1 fully saturated rings. The van der Waals surface area contributed by atoms with E-state index >= 15 is 0 Å². The van der Waals surface area contributed by atoms with Crippen LogP contribution in [0.25, 0.3) is 0 Å². The number of hydrogen-bond acceptors (Lipinski definition) is 3. The third-order valence-electron chi connectivity index (χ3n) is 3.47. The molecule has 1 aromatic carbocycles. The van der Waals surface area contributed by atoms with Crippen molar-refractivity contribution in [1.29, 1.82) is 0 Å². The standard InChI is InChI=1S/C15H23NO2/c1-17-10-9-16-11-14-7-2-3-8-15(14)18-12-13-5-4-6-13/h2-3,7-8,13,16H,4-6,9-12H2,1H3. The van der Waals surface area contributed by atoms with Crippen molar-refractivity contribution in [2.75, 3.05) is 26.9 Å². The largest absolute Gasteiger partial charge is 0.493 e. The Bertz CT molecular complexity index is 350. The number of methoxy groups -OCH3 is 1. The monoisotopic (exact) mass is 249 g/mol. The number of rotatable bonds is 8. The predicted molar refractivity (Wildman–Crippen MR) is 72.9 cm³/mol. The fourth-order valence-corrected chi connectivity index (χ4v) is 2.06. The molecule has 2 rings (SSSR count). The van der Waals surface area contributed by atoms with Gasteiger partial charge in [-0.2, -0.15) is 0 Å². The minimum atomic E-state index is 0.741. The summed E-state index contributed by atoms with van der Waals surface area (Å²) in [5.41, 5.74) is 1.23. The quantitative estimate of drug-likeness (QED) is 0.718. The normalized spacial score (nSPS) is 15.4. The highest BCUT2D eigenvalue weighted by atomic mass is 16.5. The van der Waals surface area contributed by atoms with Gasteiger partial charge >= 0.3 is 0 Å². The van der Waals surface area contributed by atoms with Gasteiger partial charge in [0.25, 0.3) is 0 Å². The second-order valence-corrected chi connectivity index (χ2v) is 4.89. The molecule has 100 valence electrons. The van der Waals surface area contributed by atoms with Crippen LogP contribution in [0.4, 0.5) is 0 Å². The van der Waals surface area contributed by atoms with Gasteiger partial charge in [0.2, 0.25) is 0 Å². The Kier molecular flexibility index (Phi) is 5.49. The van der Waals surface area contributed by atoms with E-state index in [2.05, 4.69) is 23.5 Å². The third kappa shape index (κ3) is 4.00. The maximum atomic E-state index is 5.93. The molecule has 0 saturated heterocycles. The number of para-hydroxylation sites is 1. The zero-order valence-corrected chi connectivity index (χ0v) is 11.2. The lowest BCUT2D eigenvalue weighted by Crippen LogP contribution is -2.21. The highest BCUT2D eigenvalue weighted by Crippen LogP contribution is 2.28. The number of hydrogen-bond donors (Lipinski definition) is 1. The maximum Gasteiger partial charge on any atom is 0.123 e. The van der Waals surface area contributed by atoms with Gasteiger partial charge in [-0.3, -0.25) is 0 Å². The van der Waals surface area contributed by atoms with E-state index in [-0.39, 0.29) is 0 Å². The van der Waals surface area contributed by atoms with Gasteiger partial charge in [-0.25, -0.2) is 0 Å². The van der Waals surface area contributed by atoms with Crippen molar-refractivity contribution in [3.05, 3.63) is 29.8 Å². The minimum absolute atomic E-state index is 0.741. The van der Waals surface area contributed by atoms with Crippen molar-refractivity contribution < 1.29 is 9.47 Å². The summed E-state index contributed by atoms with van der Waals surface area (Å²) in [6, 6.07) is 8.28. The first-order chi connectivity index (χ1) is 8.90. The lowest BCUT2D eigenvalue weighted by atomic mass is 9.86. The van der Waals surface area contributed by atoms with Crippen LogP contribution in [-0.4, -0.2) is 26.9 Å². The highest BCUT2D eigenvalue weighted by Gasteiger charge is 2.18. The molecule has 3 heteroatoms. The van der Waals surface area contributed by atoms with Crippen molar-refractivity contribution in [3.63, 3.8) is 0 Å². The van der Waals surface area contributed by atoms with Crippen LogP contribution in [0.2, 0.25) is 0 Å². The number of ether oxygens (including phenoxy) is 2. The van der Waals surface area contributed by atoms with Gasteiger partial charge in [-0.1, -0.05) is 24.6 Å². The molecule has 0 aromatic heterocycles. The van der Waals surface area contributed by atoms with Crippen LogP contribution >= 0.6 is 0 Å². The summed E-state index contributed by atoms with van der Waals surface area (Å²) in [6.07, 6.45) is 4.02. The molecule has 0 spiro atoms. The van der Waals surface area contributed by atoms with Gasteiger partial charge in [0.05, 0.1) is 13.2 Å². The molecule has 0 atom stereocenters. The summed E-state index contributed by atoms with van der Waals surface area (Å²) in [5.74, 6) is 1.80. The SMILES string of the molecule is COCCNCc1ccccc1OCC1CCC1. The molecule has 18 heavy (non-hydrogen) atoms. The fourth-order valence-electron chi connectivity index (χ4n) is 2.06. The second-order valence-electron chi connectivity index (χ2n) is 4.89. The molecule has 0 unspecified atom stereocenters. The van der Waals surface area contributed by atoms with Gasteiger partial charge < -0.3 is 14.8 Å². The average Bonchev–Trinajstić information content (AvgIpc) is 2.34. The van der Waals surface area contributed by atoms with Gasteiger partial charge in [-0.05, 0) is 24.8 Å². The van der Waals surface area contributed by atoms with Crippen LogP contribution in [0.3, 0.4) is 0 Å². The van der Waals surface area contributed by atoms with Crippen molar-refractivity contribution in [1.82, 2.24) is 5.32 Å². The third-order valence-corrected chi connectivity index (χ3v) is 3.47. The Morgan fingerprint density at radius 1 is 1.28 bits per heavy atom. The molecule has 0 radical (unpaired) electrons. The predicted octanol–water partition coefficient (Wildman–Crippen LogP) is 2.60. The van der Waals surface area contributed by atoms with Crippen LogP contribution in [0, 0.1) is 5.92 Å². The highest BCUT2D eigenvalue weighted by molar-refractivity contribution is 5.33. The summed E-state index contributed by atoms with van der Waals surface area (Å²) in [7, 11) is 1.72. The Morgan fingerprint density at radius 3 is 2.83 bits per heavy atom. The molecule has 0 aliphatic heterocycles. The smallest absolute Gasteiger partial charge is 0.123 e. The Labute approximate surface area is 109 Å². The molecule has 3 nitrogen and oxygen atoms in total. The summed E-state index contributed by atoms with van der Waals surface area (Å²) in [4.78, 5) is 0. The van der Waals surface area contributed by atoms with Crippen LogP contribution < -0.4 is 10.1 Å². The van der Waals surface area contributed by atoms with E-state index in [4.69, 9.17) is 9.47 Å². The molecule has 1 aliphatic carbocycles. The van der Waals surface area contributed by atoms with Crippen molar-refractivity contribution >= 4 is 0 Å². The number of benzene rings is 1. The molecule has 0 amide bonds. The van der Waals surface area contributed by atoms with Crippen molar-refractivity contribution in [2.24, 2.45) is 5.92 Å². The molecule has 1 N–H and O–H groups in total. The molecule has 1 aromatic rings. The summed E-state index contributed by atoms with van der Waals surface area (Å²) >= 11 is 0. The minimum Gasteiger partial charge on any atom is -0.493 e. The van der Waals surface area contributed by atoms with Crippen LogP contribution in [-0.2, 0) is 11.3 Å². The maximum absolute atomic E-state index is 5.93. The van der Waals surface area contributed by atoms with Gasteiger partial charge in [0, 0.05) is 25.8 Å². The van der Waals surface area contributed by atoms with E-state index < -0.39 is 0 Å². The van der Waals surface area contributed by atoms with Crippen molar-refractivity contribution in [3.8, 4) is 5.75 Å². The zero-order chi connectivity index (χ0) is 12.6. The van der Waals surface area contributed by atoms with E-state index in [0.717, 1.165) is 38.0 Å². The number of nitrogens with one attached hydrogen (secondary N) is 1. The van der Waals surface area contributed by atoms with E-state index in [1.165, 1.54) is 24.8 Å². The van der Waals surface area contributed by atoms with Crippen LogP contribution in [0.15, 0.2) is 24.3 Å². The Morgan fingerprint density at radius 2 is 2.11 bits per heavy atom. The average molecular weight is 249 g/mol. The topological polar surface area (TPSA) is 30.5 Å². The summed E-state index contributed by atoms with van der Waals surface area (Å²) < 4.78 is 10.9. The first-order valence-electron chi connectivity index (χ1n) is 6.80. The summed E-state index contributed by atoms with van der Waals surface area (Å²) in [5, 5.41) is 3.35. The summed E-state index contributed by atoms with van der Waals surface area (Å²) in [6.45, 7) is 3.32. The lowest BCUT2D eigenvalue weighted by Gasteiger charge is -2.25.